The molecule has 0 spiro atoms. The lowest BCUT2D eigenvalue weighted by molar-refractivity contribution is 0.151. The molecule has 0 radical (unpaired) electrons. The van der Waals surface area contributed by atoms with E-state index in [9.17, 15) is 0 Å². The Morgan fingerprint density at radius 3 is 2.71 bits per heavy atom. The molecular formula is C12H23N3O2. The Hall–Kier alpha value is -1.07. The van der Waals surface area contributed by atoms with E-state index in [1.165, 1.54) is 0 Å². The van der Waals surface area contributed by atoms with Gasteiger partial charge in [-0.05, 0) is 19.3 Å². The van der Waals surface area contributed by atoms with E-state index < -0.39 is 0 Å². The molecule has 0 bridgehead atoms. The predicted octanol–water partition coefficient (Wildman–Crippen LogP) is 1.58. The van der Waals surface area contributed by atoms with Crippen molar-refractivity contribution in [1.82, 2.24) is 9.78 Å². The number of aryl methyl sites for hydroxylation is 1. The van der Waals surface area contributed by atoms with Crippen LogP contribution in [0.1, 0.15) is 32.0 Å². The number of rotatable bonds is 7. The number of aromatic nitrogens is 2. The Kier molecular flexibility index (Phi) is 5.44. The molecular weight excluding hydrogens is 218 g/mol. The monoisotopic (exact) mass is 241 g/mol. The topological polar surface area (TPSA) is 62.3 Å². The number of hydrogen-bond donors (Lipinski definition) is 1. The van der Waals surface area contributed by atoms with Crippen LogP contribution >= 0.6 is 0 Å². The summed E-state index contributed by atoms with van der Waals surface area (Å²) in [6.07, 6.45) is 2.58. The lowest BCUT2D eigenvalue weighted by Gasteiger charge is -2.18. The first kappa shape index (κ1) is 14.0. The second-order valence-electron chi connectivity index (χ2n) is 4.32. The summed E-state index contributed by atoms with van der Waals surface area (Å²) >= 11 is 0. The number of nitrogens with zero attached hydrogens (tertiary/aromatic N) is 2. The highest BCUT2D eigenvalue weighted by Crippen LogP contribution is 2.27. The summed E-state index contributed by atoms with van der Waals surface area (Å²) in [5.74, 6) is 1.18. The van der Waals surface area contributed by atoms with E-state index in [2.05, 4.69) is 12.0 Å². The van der Waals surface area contributed by atoms with Crippen LogP contribution < -0.4 is 10.5 Å². The van der Waals surface area contributed by atoms with E-state index in [1.807, 2.05) is 11.6 Å². The SMILES string of the molecule is CCn1ncc(OC)c1C(N)CC(C)COC. The first-order valence-corrected chi connectivity index (χ1v) is 5.98. The molecule has 1 heterocycles. The molecule has 2 unspecified atom stereocenters. The molecule has 0 saturated carbocycles. The van der Waals surface area contributed by atoms with E-state index in [4.69, 9.17) is 15.2 Å². The minimum Gasteiger partial charge on any atom is -0.493 e. The molecule has 17 heavy (non-hydrogen) atoms. The van der Waals surface area contributed by atoms with Gasteiger partial charge in [-0.25, -0.2) is 0 Å². The van der Waals surface area contributed by atoms with Crippen molar-refractivity contribution in [2.24, 2.45) is 11.7 Å². The Labute approximate surface area is 103 Å². The standard InChI is InChI=1S/C12H23N3O2/c1-5-15-12(11(17-4)7-14-15)10(13)6-9(2)8-16-3/h7,9-10H,5-6,8,13H2,1-4H3. The zero-order valence-electron chi connectivity index (χ0n) is 11.1. The van der Waals surface area contributed by atoms with Gasteiger partial charge in [0.2, 0.25) is 0 Å². The largest absolute Gasteiger partial charge is 0.493 e. The maximum atomic E-state index is 6.23. The van der Waals surface area contributed by atoms with Crippen molar-refractivity contribution in [3.8, 4) is 5.75 Å². The van der Waals surface area contributed by atoms with Gasteiger partial charge in [-0.15, -0.1) is 0 Å². The number of hydrogen-bond acceptors (Lipinski definition) is 4. The summed E-state index contributed by atoms with van der Waals surface area (Å²) in [5.41, 5.74) is 7.20. The fraction of sp³-hybridized carbons (Fsp3) is 0.750. The third-order valence-corrected chi connectivity index (χ3v) is 2.82. The van der Waals surface area contributed by atoms with Crippen molar-refractivity contribution < 1.29 is 9.47 Å². The highest BCUT2D eigenvalue weighted by atomic mass is 16.5. The fourth-order valence-corrected chi connectivity index (χ4v) is 2.06. The molecule has 0 amide bonds. The lowest BCUT2D eigenvalue weighted by Crippen LogP contribution is -2.20. The van der Waals surface area contributed by atoms with Crippen LogP contribution in [0, 0.1) is 5.92 Å². The molecule has 1 aromatic rings. The molecule has 0 aliphatic heterocycles. The minimum atomic E-state index is -0.0717. The Morgan fingerprint density at radius 2 is 2.18 bits per heavy atom. The zero-order valence-corrected chi connectivity index (χ0v) is 11.1. The van der Waals surface area contributed by atoms with Gasteiger partial charge in [0.25, 0.3) is 0 Å². The molecule has 0 fully saturated rings. The molecule has 0 aromatic carbocycles. The van der Waals surface area contributed by atoms with E-state index in [0.29, 0.717) is 5.92 Å². The number of ether oxygens (including phenoxy) is 2. The van der Waals surface area contributed by atoms with Gasteiger partial charge in [0.1, 0.15) is 0 Å². The smallest absolute Gasteiger partial charge is 0.161 e. The Balaban J connectivity index is 2.79. The van der Waals surface area contributed by atoms with Crippen molar-refractivity contribution in [3.05, 3.63) is 11.9 Å². The number of nitrogens with two attached hydrogens (primary N) is 1. The maximum absolute atomic E-state index is 6.23. The molecule has 98 valence electrons. The van der Waals surface area contributed by atoms with E-state index >= 15 is 0 Å². The third kappa shape index (κ3) is 3.44. The molecule has 2 N–H and O–H groups in total. The van der Waals surface area contributed by atoms with E-state index in [-0.39, 0.29) is 6.04 Å². The van der Waals surface area contributed by atoms with Crippen molar-refractivity contribution in [2.75, 3.05) is 20.8 Å². The third-order valence-electron chi connectivity index (χ3n) is 2.82. The normalized spacial score (nSPS) is 14.6. The van der Waals surface area contributed by atoms with Crippen LogP contribution in [0.25, 0.3) is 0 Å². The Morgan fingerprint density at radius 1 is 1.47 bits per heavy atom. The van der Waals surface area contributed by atoms with Gasteiger partial charge in [-0.1, -0.05) is 6.92 Å². The summed E-state index contributed by atoms with van der Waals surface area (Å²) in [5, 5.41) is 4.26. The first-order valence-electron chi connectivity index (χ1n) is 5.98. The van der Waals surface area contributed by atoms with Crippen molar-refractivity contribution >= 4 is 0 Å². The van der Waals surface area contributed by atoms with Gasteiger partial charge in [0, 0.05) is 20.3 Å². The van der Waals surface area contributed by atoms with E-state index in [0.717, 1.165) is 31.0 Å². The van der Waals surface area contributed by atoms with Gasteiger partial charge in [-0.2, -0.15) is 5.10 Å². The zero-order chi connectivity index (χ0) is 12.8. The summed E-state index contributed by atoms with van der Waals surface area (Å²) < 4.78 is 12.3. The number of methoxy groups -OCH3 is 2. The van der Waals surface area contributed by atoms with Crippen LogP contribution in [0.3, 0.4) is 0 Å². The fourth-order valence-electron chi connectivity index (χ4n) is 2.06. The minimum absolute atomic E-state index is 0.0717. The highest BCUT2D eigenvalue weighted by molar-refractivity contribution is 5.28. The van der Waals surface area contributed by atoms with Gasteiger partial charge >= 0.3 is 0 Å². The second kappa shape index (κ2) is 6.61. The van der Waals surface area contributed by atoms with Crippen LogP contribution in [0.15, 0.2) is 6.20 Å². The quantitative estimate of drug-likeness (QED) is 0.787. The summed E-state index contributed by atoms with van der Waals surface area (Å²) in [7, 11) is 3.35. The van der Waals surface area contributed by atoms with Crippen LogP contribution in [-0.4, -0.2) is 30.6 Å². The van der Waals surface area contributed by atoms with Gasteiger partial charge in [0.15, 0.2) is 5.75 Å². The average Bonchev–Trinajstić information content (AvgIpc) is 2.71. The molecule has 1 aromatic heterocycles. The van der Waals surface area contributed by atoms with Gasteiger partial charge in [0.05, 0.1) is 25.0 Å². The highest BCUT2D eigenvalue weighted by Gasteiger charge is 2.20. The molecule has 5 nitrogen and oxygen atoms in total. The predicted molar refractivity (Wildman–Crippen MR) is 67.0 cm³/mol. The van der Waals surface area contributed by atoms with Gasteiger partial charge < -0.3 is 15.2 Å². The summed E-state index contributed by atoms with van der Waals surface area (Å²) in [6, 6.07) is -0.0717. The molecule has 2 atom stereocenters. The van der Waals surface area contributed by atoms with Crippen molar-refractivity contribution in [2.45, 2.75) is 32.9 Å². The summed E-state index contributed by atoms with van der Waals surface area (Å²) in [4.78, 5) is 0. The summed E-state index contributed by atoms with van der Waals surface area (Å²) in [6.45, 7) is 5.69. The average molecular weight is 241 g/mol. The van der Waals surface area contributed by atoms with Crippen LogP contribution in [0.2, 0.25) is 0 Å². The molecule has 0 aliphatic carbocycles. The maximum Gasteiger partial charge on any atom is 0.161 e. The van der Waals surface area contributed by atoms with Crippen LogP contribution in [0.4, 0.5) is 0 Å². The van der Waals surface area contributed by atoms with Crippen LogP contribution in [0.5, 0.6) is 5.75 Å². The Bertz CT molecular complexity index is 317. The lowest BCUT2D eigenvalue weighted by atomic mass is 10.0. The van der Waals surface area contributed by atoms with Crippen molar-refractivity contribution in [1.29, 1.82) is 0 Å². The molecule has 0 aliphatic rings. The van der Waals surface area contributed by atoms with E-state index in [1.54, 1.807) is 20.4 Å². The first-order chi connectivity index (χ1) is 8.13. The van der Waals surface area contributed by atoms with Gasteiger partial charge in [-0.3, -0.25) is 4.68 Å². The molecule has 1 rings (SSSR count). The second-order valence-corrected chi connectivity index (χ2v) is 4.32. The molecule has 0 saturated heterocycles. The van der Waals surface area contributed by atoms with Crippen LogP contribution in [-0.2, 0) is 11.3 Å². The van der Waals surface area contributed by atoms with Crippen molar-refractivity contribution in [3.63, 3.8) is 0 Å². The molecule has 5 heteroatoms.